The highest BCUT2D eigenvalue weighted by atomic mass is 16.2. The van der Waals surface area contributed by atoms with Gasteiger partial charge in [-0.25, -0.2) is 0 Å². The molecule has 0 unspecified atom stereocenters. The molecule has 1 aliphatic carbocycles. The van der Waals surface area contributed by atoms with Gasteiger partial charge in [0.1, 0.15) is 0 Å². The third kappa shape index (κ3) is 3.83. The number of hydrogen-bond donors (Lipinski definition) is 1. The van der Waals surface area contributed by atoms with Crippen LogP contribution in [0.1, 0.15) is 38.2 Å². The predicted octanol–water partition coefficient (Wildman–Crippen LogP) is 2.27. The second-order valence-corrected chi connectivity index (χ2v) is 5.47. The van der Waals surface area contributed by atoms with Gasteiger partial charge in [0.2, 0.25) is 11.8 Å². The molecule has 0 bridgehead atoms. The van der Waals surface area contributed by atoms with Crippen LogP contribution in [0.5, 0.6) is 0 Å². The van der Waals surface area contributed by atoms with Crippen molar-refractivity contribution in [3.05, 3.63) is 29.8 Å². The second-order valence-electron chi connectivity index (χ2n) is 5.47. The molecule has 0 aliphatic heterocycles. The molecule has 4 nitrogen and oxygen atoms in total. The van der Waals surface area contributed by atoms with Crippen molar-refractivity contribution in [1.82, 2.24) is 5.32 Å². The topological polar surface area (TPSA) is 49.4 Å². The zero-order valence-electron chi connectivity index (χ0n) is 12.2. The van der Waals surface area contributed by atoms with Gasteiger partial charge in [-0.05, 0) is 30.5 Å². The molecular weight excluding hydrogens is 252 g/mol. The average Bonchev–Trinajstić information content (AvgIpc) is 2.91. The van der Waals surface area contributed by atoms with Crippen molar-refractivity contribution in [2.24, 2.45) is 0 Å². The molecule has 0 saturated heterocycles. The summed E-state index contributed by atoms with van der Waals surface area (Å²) in [5, 5.41) is 3.08. The maximum absolute atomic E-state index is 11.9. The van der Waals surface area contributed by atoms with Crippen molar-refractivity contribution in [2.75, 3.05) is 11.9 Å². The van der Waals surface area contributed by atoms with Gasteiger partial charge in [-0.3, -0.25) is 9.59 Å². The van der Waals surface area contributed by atoms with Gasteiger partial charge in [0.25, 0.3) is 0 Å². The second kappa shape index (κ2) is 6.55. The molecule has 2 rings (SSSR count). The lowest BCUT2D eigenvalue weighted by Crippen LogP contribution is -2.33. The average molecular weight is 274 g/mol. The number of benzene rings is 1. The van der Waals surface area contributed by atoms with Crippen molar-refractivity contribution in [3.8, 4) is 0 Å². The fourth-order valence-corrected chi connectivity index (χ4v) is 2.55. The van der Waals surface area contributed by atoms with Crippen LogP contribution in [0.15, 0.2) is 24.3 Å². The zero-order chi connectivity index (χ0) is 14.5. The highest BCUT2D eigenvalue weighted by Gasteiger charge is 2.17. The van der Waals surface area contributed by atoms with Crippen LogP contribution in [0.3, 0.4) is 0 Å². The third-order valence-corrected chi connectivity index (χ3v) is 3.88. The van der Waals surface area contributed by atoms with Crippen LogP contribution in [0.2, 0.25) is 0 Å². The molecular formula is C16H22N2O2. The minimum Gasteiger partial charge on any atom is -0.353 e. The Balaban J connectivity index is 1.89. The molecule has 0 heterocycles. The fourth-order valence-electron chi connectivity index (χ4n) is 2.55. The summed E-state index contributed by atoms with van der Waals surface area (Å²) < 4.78 is 0. The van der Waals surface area contributed by atoms with Gasteiger partial charge in [-0.2, -0.15) is 0 Å². The first kappa shape index (κ1) is 14.6. The molecule has 1 saturated carbocycles. The van der Waals surface area contributed by atoms with E-state index in [-0.39, 0.29) is 11.8 Å². The molecule has 4 heteroatoms. The van der Waals surface area contributed by atoms with Gasteiger partial charge < -0.3 is 10.2 Å². The highest BCUT2D eigenvalue weighted by Crippen LogP contribution is 2.18. The first-order chi connectivity index (χ1) is 9.56. The fraction of sp³-hybridized carbons (Fsp3) is 0.500. The van der Waals surface area contributed by atoms with Gasteiger partial charge in [-0.1, -0.05) is 25.0 Å². The molecule has 0 atom stereocenters. The standard InChI is InChI=1S/C16H22N2O2/c1-12(19)18(2)15-9-7-13(8-10-15)11-16(20)17-14-5-3-4-6-14/h7-10,14H,3-6,11H2,1-2H3,(H,17,20). The van der Waals surface area contributed by atoms with Crippen LogP contribution >= 0.6 is 0 Å². The maximum atomic E-state index is 11.9. The van der Waals surface area contributed by atoms with E-state index >= 15 is 0 Å². The minimum absolute atomic E-state index is 0.00303. The Bertz CT molecular complexity index is 476. The number of nitrogens with one attached hydrogen (secondary N) is 1. The molecule has 0 aromatic heterocycles. The van der Waals surface area contributed by atoms with Crippen LogP contribution < -0.4 is 10.2 Å². The van der Waals surface area contributed by atoms with Crippen molar-refractivity contribution >= 4 is 17.5 Å². The molecule has 1 aliphatic rings. The van der Waals surface area contributed by atoms with E-state index in [4.69, 9.17) is 0 Å². The summed E-state index contributed by atoms with van der Waals surface area (Å²) >= 11 is 0. The van der Waals surface area contributed by atoms with Crippen LogP contribution in [-0.2, 0) is 16.0 Å². The summed E-state index contributed by atoms with van der Waals surface area (Å²) in [5.74, 6) is 0.0845. The lowest BCUT2D eigenvalue weighted by Gasteiger charge is -2.15. The number of nitrogens with zero attached hydrogens (tertiary/aromatic N) is 1. The molecule has 0 radical (unpaired) electrons. The lowest BCUT2D eigenvalue weighted by atomic mass is 10.1. The van der Waals surface area contributed by atoms with Crippen LogP contribution in [0.25, 0.3) is 0 Å². The third-order valence-electron chi connectivity index (χ3n) is 3.88. The molecule has 0 spiro atoms. The predicted molar refractivity (Wildman–Crippen MR) is 79.6 cm³/mol. The van der Waals surface area contributed by atoms with Crippen LogP contribution in [0.4, 0.5) is 5.69 Å². The van der Waals surface area contributed by atoms with Gasteiger partial charge in [0, 0.05) is 25.7 Å². The van der Waals surface area contributed by atoms with Crippen molar-refractivity contribution in [3.63, 3.8) is 0 Å². The summed E-state index contributed by atoms with van der Waals surface area (Å²) in [6.45, 7) is 1.53. The Morgan fingerprint density at radius 3 is 2.35 bits per heavy atom. The summed E-state index contributed by atoms with van der Waals surface area (Å²) in [6.07, 6.45) is 5.05. The monoisotopic (exact) mass is 274 g/mol. The van der Waals surface area contributed by atoms with E-state index in [9.17, 15) is 9.59 Å². The van der Waals surface area contributed by atoms with E-state index in [1.165, 1.54) is 19.8 Å². The summed E-state index contributed by atoms with van der Waals surface area (Å²) in [7, 11) is 1.74. The van der Waals surface area contributed by atoms with Crippen LogP contribution in [0, 0.1) is 0 Å². The van der Waals surface area contributed by atoms with E-state index in [0.717, 1.165) is 24.1 Å². The van der Waals surface area contributed by atoms with Crippen molar-refractivity contribution in [2.45, 2.75) is 45.1 Å². The Morgan fingerprint density at radius 1 is 1.20 bits per heavy atom. The van der Waals surface area contributed by atoms with Crippen molar-refractivity contribution in [1.29, 1.82) is 0 Å². The number of carbonyl (C=O) groups is 2. The first-order valence-electron chi connectivity index (χ1n) is 7.19. The van der Waals surface area contributed by atoms with Gasteiger partial charge >= 0.3 is 0 Å². The Kier molecular flexibility index (Phi) is 4.77. The normalized spacial score (nSPS) is 15.1. The van der Waals surface area contributed by atoms with E-state index in [1.54, 1.807) is 11.9 Å². The summed E-state index contributed by atoms with van der Waals surface area (Å²) in [4.78, 5) is 24.8. The van der Waals surface area contributed by atoms with Crippen molar-refractivity contribution < 1.29 is 9.59 Å². The van der Waals surface area contributed by atoms with E-state index in [2.05, 4.69) is 5.32 Å². The Morgan fingerprint density at radius 2 is 1.80 bits per heavy atom. The molecule has 108 valence electrons. The molecule has 1 N–H and O–H groups in total. The van der Waals surface area contributed by atoms with Gasteiger partial charge in [-0.15, -0.1) is 0 Å². The molecule has 20 heavy (non-hydrogen) atoms. The summed E-state index contributed by atoms with van der Waals surface area (Å²) in [5.41, 5.74) is 1.82. The number of hydrogen-bond acceptors (Lipinski definition) is 2. The highest BCUT2D eigenvalue weighted by molar-refractivity contribution is 5.90. The molecule has 1 aromatic carbocycles. The number of carbonyl (C=O) groups excluding carboxylic acids is 2. The SMILES string of the molecule is CC(=O)N(C)c1ccc(CC(=O)NC2CCCC2)cc1. The quantitative estimate of drug-likeness (QED) is 0.915. The van der Waals surface area contributed by atoms with Gasteiger partial charge in [0.05, 0.1) is 6.42 Å². The number of amides is 2. The lowest BCUT2D eigenvalue weighted by molar-refractivity contribution is -0.121. The van der Waals surface area contributed by atoms with E-state index < -0.39 is 0 Å². The first-order valence-corrected chi connectivity index (χ1v) is 7.19. The molecule has 1 aromatic rings. The molecule has 1 fully saturated rings. The Hall–Kier alpha value is -1.84. The van der Waals surface area contributed by atoms with Crippen LogP contribution in [-0.4, -0.2) is 24.9 Å². The summed E-state index contributed by atoms with van der Waals surface area (Å²) in [6, 6.07) is 7.93. The van der Waals surface area contributed by atoms with E-state index in [0.29, 0.717) is 12.5 Å². The number of rotatable bonds is 4. The van der Waals surface area contributed by atoms with E-state index in [1.807, 2.05) is 24.3 Å². The smallest absolute Gasteiger partial charge is 0.224 e. The molecule has 2 amide bonds. The largest absolute Gasteiger partial charge is 0.353 e. The Labute approximate surface area is 120 Å². The number of anilines is 1. The van der Waals surface area contributed by atoms with Gasteiger partial charge in [0.15, 0.2) is 0 Å². The zero-order valence-corrected chi connectivity index (χ0v) is 12.2. The maximum Gasteiger partial charge on any atom is 0.224 e. The minimum atomic E-state index is -0.00303.